The predicted octanol–water partition coefficient (Wildman–Crippen LogP) is 1.66. The Balaban J connectivity index is 1.54. The van der Waals surface area contributed by atoms with Crippen molar-refractivity contribution in [2.45, 2.75) is 0 Å². The van der Waals surface area contributed by atoms with Gasteiger partial charge in [0.15, 0.2) is 0 Å². The van der Waals surface area contributed by atoms with Crippen LogP contribution in [-0.4, -0.2) is 67.0 Å². The van der Waals surface area contributed by atoms with Crippen molar-refractivity contribution in [1.82, 2.24) is 20.1 Å². The second kappa shape index (κ2) is 7.44. The SMILES string of the molecule is CN1CCN(CCNC(=O)c2cc[nH]c2-c2ccccc2)CC1. The van der Waals surface area contributed by atoms with E-state index >= 15 is 0 Å². The Morgan fingerprint density at radius 1 is 1.13 bits per heavy atom. The van der Waals surface area contributed by atoms with Crippen LogP contribution < -0.4 is 5.32 Å². The molecule has 3 rings (SSSR count). The molecule has 1 aliphatic rings. The van der Waals surface area contributed by atoms with E-state index in [-0.39, 0.29) is 5.91 Å². The third-order valence-corrected chi connectivity index (χ3v) is 4.36. The fraction of sp³-hybridized carbons (Fsp3) is 0.389. The Hall–Kier alpha value is -2.11. The van der Waals surface area contributed by atoms with E-state index in [1.54, 1.807) is 0 Å². The molecule has 2 N–H and O–H groups in total. The summed E-state index contributed by atoms with van der Waals surface area (Å²) < 4.78 is 0. The molecule has 0 spiro atoms. The van der Waals surface area contributed by atoms with Crippen LogP contribution in [0, 0.1) is 0 Å². The zero-order valence-corrected chi connectivity index (χ0v) is 13.6. The van der Waals surface area contributed by atoms with Crippen LogP contribution >= 0.6 is 0 Å². The van der Waals surface area contributed by atoms with Gasteiger partial charge in [0, 0.05) is 45.5 Å². The summed E-state index contributed by atoms with van der Waals surface area (Å²) in [6.07, 6.45) is 1.82. The van der Waals surface area contributed by atoms with Crippen LogP contribution in [0.1, 0.15) is 10.4 Å². The molecule has 1 aliphatic heterocycles. The Morgan fingerprint density at radius 3 is 2.61 bits per heavy atom. The van der Waals surface area contributed by atoms with Gasteiger partial charge in [0.25, 0.3) is 5.91 Å². The summed E-state index contributed by atoms with van der Waals surface area (Å²) in [5, 5.41) is 3.04. The molecule has 2 aromatic rings. The third kappa shape index (κ3) is 4.00. The van der Waals surface area contributed by atoms with Gasteiger partial charge in [0.1, 0.15) is 0 Å². The second-order valence-corrected chi connectivity index (χ2v) is 6.03. The Bertz CT molecular complexity index is 629. The van der Waals surface area contributed by atoms with E-state index < -0.39 is 0 Å². The van der Waals surface area contributed by atoms with Gasteiger partial charge < -0.3 is 15.2 Å². The number of carbonyl (C=O) groups is 1. The van der Waals surface area contributed by atoms with Crippen molar-refractivity contribution < 1.29 is 4.79 Å². The number of hydrogen-bond acceptors (Lipinski definition) is 3. The van der Waals surface area contributed by atoms with Gasteiger partial charge in [-0.3, -0.25) is 9.69 Å². The molecule has 0 unspecified atom stereocenters. The van der Waals surface area contributed by atoms with E-state index in [9.17, 15) is 4.79 Å². The van der Waals surface area contributed by atoms with E-state index in [0.717, 1.165) is 44.0 Å². The van der Waals surface area contributed by atoms with E-state index in [4.69, 9.17) is 0 Å². The number of carbonyl (C=O) groups excluding carboxylic acids is 1. The third-order valence-electron chi connectivity index (χ3n) is 4.36. The number of nitrogens with one attached hydrogen (secondary N) is 2. The summed E-state index contributed by atoms with van der Waals surface area (Å²) in [6.45, 7) is 5.94. The maximum absolute atomic E-state index is 12.4. The van der Waals surface area contributed by atoms with Crippen molar-refractivity contribution in [3.63, 3.8) is 0 Å². The average Bonchev–Trinajstić information content (AvgIpc) is 3.07. The largest absolute Gasteiger partial charge is 0.361 e. The normalized spacial score (nSPS) is 16.4. The van der Waals surface area contributed by atoms with Gasteiger partial charge in [-0.15, -0.1) is 0 Å². The molecule has 5 nitrogen and oxygen atoms in total. The first-order valence-corrected chi connectivity index (χ1v) is 8.16. The highest BCUT2D eigenvalue weighted by atomic mass is 16.1. The maximum atomic E-state index is 12.4. The Kier molecular flexibility index (Phi) is 5.10. The Morgan fingerprint density at radius 2 is 1.87 bits per heavy atom. The lowest BCUT2D eigenvalue weighted by atomic mass is 10.1. The first kappa shape index (κ1) is 15.8. The quantitative estimate of drug-likeness (QED) is 0.883. The molecule has 23 heavy (non-hydrogen) atoms. The molecular formula is C18H24N4O. The number of aromatic amines is 1. The van der Waals surface area contributed by atoms with Crippen molar-refractivity contribution in [2.75, 3.05) is 46.3 Å². The van der Waals surface area contributed by atoms with Crippen LogP contribution in [0.2, 0.25) is 0 Å². The van der Waals surface area contributed by atoms with Gasteiger partial charge >= 0.3 is 0 Å². The van der Waals surface area contributed by atoms with Gasteiger partial charge in [-0.25, -0.2) is 0 Å². The van der Waals surface area contributed by atoms with Gasteiger partial charge in [-0.2, -0.15) is 0 Å². The highest BCUT2D eigenvalue weighted by Crippen LogP contribution is 2.21. The molecule has 1 amide bonds. The minimum Gasteiger partial charge on any atom is -0.361 e. The number of likely N-dealkylation sites (N-methyl/N-ethyl adjacent to an activating group) is 1. The molecule has 5 heteroatoms. The number of aromatic nitrogens is 1. The summed E-state index contributed by atoms with van der Waals surface area (Å²) in [5.41, 5.74) is 2.61. The smallest absolute Gasteiger partial charge is 0.253 e. The number of rotatable bonds is 5. The maximum Gasteiger partial charge on any atom is 0.253 e. The molecule has 0 atom stereocenters. The van der Waals surface area contributed by atoms with Crippen molar-refractivity contribution in [2.24, 2.45) is 0 Å². The number of amides is 1. The molecule has 1 aromatic heterocycles. The molecule has 1 aromatic carbocycles. The zero-order chi connectivity index (χ0) is 16.1. The number of piperazine rings is 1. The molecule has 1 saturated heterocycles. The van der Waals surface area contributed by atoms with E-state index in [0.29, 0.717) is 12.1 Å². The van der Waals surface area contributed by atoms with Crippen molar-refractivity contribution >= 4 is 5.91 Å². The van der Waals surface area contributed by atoms with Crippen LogP contribution in [0.5, 0.6) is 0 Å². The highest BCUT2D eigenvalue weighted by molar-refractivity contribution is 6.00. The minimum absolute atomic E-state index is 0.0146. The molecule has 0 bridgehead atoms. The standard InChI is InChI=1S/C18H24N4O/c1-21-11-13-22(14-12-21)10-9-20-18(23)16-7-8-19-17(16)15-5-3-2-4-6-15/h2-8,19H,9-14H2,1H3,(H,20,23). The van der Waals surface area contributed by atoms with Gasteiger partial charge in [-0.1, -0.05) is 30.3 Å². The van der Waals surface area contributed by atoms with Crippen LogP contribution in [0.3, 0.4) is 0 Å². The van der Waals surface area contributed by atoms with E-state index in [1.165, 1.54) is 0 Å². The fourth-order valence-corrected chi connectivity index (χ4v) is 2.90. The first-order chi connectivity index (χ1) is 11.2. The molecule has 122 valence electrons. The van der Waals surface area contributed by atoms with Crippen LogP contribution in [-0.2, 0) is 0 Å². The second-order valence-electron chi connectivity index (χ2n) is 6.03. The Labute approximate surface area is 137 Å². The lowest BCUT2D eigenvalue weighted by Gasteiger charge is -2.32. The topological polar surface area (TPSA) is 51.4 Å². The molecule has 0 radical (unpaired) electrons. The van der Waals surface area contributed by atoms with Crippen LogP contribution in [0.15, 0.2) is 42.6 Å². The molecule has 0 saturated carbocycles. The summed E-state index contributed by atoms with van der Waals surface area (Å²) >= 11 is 0. The summed E-state index contributed by atoms with van der Waals surface area (Å²) in [7, 11) is 2.15. The van der Waals surface area contributed by atoms with Crippen molar-refractivity contribution in [1.29, 1.82) is 0 Å². The number of H-pyrrole nitrogens is 1. The van der Waals surface area contributed by atoms with Gasteiger partial charge in [-0.05, 0) is 18.7 Å². The van der Waals surface area contributed by atoms with Gasteiger partial charge in [0.2, 0.25) is 0 Å². The lowest BCUT2D eigenvalue weighted by molar-refractivity contribution is 0.0942. The van der Waals surface area contributed by atoms with Crippen LogP contribution in [0.25, 0.3) is 11.3 Å². The molecule has 1 fully saturated rings. The van der Waals surface area contributed by atoms with Crippen molar-refractivity contribution in [3.8, 4) is 11.3 Å². The van der Waals surface area contributed by atoms with E-state index in [1.807, 2.05) is 42.6 Å². The van der Waals surface area contributed by atoms with Gasteiger partial charge in [0.05, 0.1) is 11.3 Å². The number of nitrogens with zero attached hydrogens (tertiary/aromatic N) is 2. The monoisotopic (exact) mass is 312 g/mol. The fourth-order valence-electron chi connectivity index (χ4n) is 2.90. The average molecular weight is 312 g/mol. The summed E-state index contributed by atoms with van der Waals surface area (Å²) in [5.74, 6) is -0.0146. The number of hydrogen-bond donors (Lipinski definition) is 2. The summed E-state index contributed by atoms with van der Waals surface area (Å²) in [4.78, 5) is 20.3. The predicted molar refractivity (Wildman–Crippen MR) is 92.5 cm³/mol. The first-order valence-electron chi connectivity index (χ1n) is 8.16. The number of benzene rings is 1. The summed E-state index contributed by atoms with van der Waals surface area (Å²) in [6, 6.07) is 11.8. The van der Waals surface area contributed by atoms with Crippen LogP contribution in [0.4, 0.5) is 0 Å². The molecular weight excluding hydrogens is 288 g/mol. The molecule has 0 aliphatic carbocycles. The molecule has 2 heterocycles. The lowest BCUT2D eigenvalue weighted by Crippen LogP contribution is -2.46. The highest BCUT2D eigenvalue weighted by Gasteiger charge is 2.16. The van der Waals surface area contributed by atoms with Crippen molar-refractivity contribution in [3.05, 3.63) is 48.2 Å². The van der Waals surface area contributed by atoms with E-state index in [2.05, 4.69) is 27.1 Å². The minimum atomic E-state index is -0.0146. The zero-order valence-electron chi connectivity index (χ0n) is 13.6.